The van der Waals surface area contributed by atoms with Gasteiger partial charge in [-0.15, -0.1) is 11.3 Å². The number of thiophene rings is 1. The third-order valence-corrected chi connectivity index (χ3v) is 6.08. The van der Waals surface area contributed by atoms with E-state index in [4.69, 9.17) is 0 Å². The highest BCUT2D eigenvalue weighted by Crippen LogP contribution is 2.38. The minimum absolute atomic E-state index is 0.175. The summed E-state index contributed by atoms with van der Waals surface area (Å²) in [5.41, 5.74) is 2.92. The number of benzene rings is 1. The monoisotopic (exact) mass is 358 g/mol. The van der Waals surface area contributed by atoms with Crippen molar-refractivity contribution in [3.63, 3.8) is 0 Å². The maximum absolute atomic E-state index is 11.5. The van der Waals surface area contributed by atoms with Gasteiger partial charge in [0.2, 0.25) is 0 Å². The Hall–Kier alpha value is -2.12. The van der Waals surface area contributed by atoms with Crippen molar-refractivity contribution in [3.05, 3.63) is 50.2 Å². The van der Waals surface area contributed by atoms with E-state index in [2.05, 4.69) is 33.0 Å². The molecular formula is C18H22N4O2S. The lowest BCUT2D eigenvalue weighted by atomic mass is 10.1. The van der Waals surface area contributed by atoms with Crippen molar-refractivity contribution < 1.29 is 4.92 Å². The molecule has 1 aromatic carbocycles. The van der Waals surface area contributed by atoms with E-state index in [1.54, 1.807) is 17.4 Å². The molecule has 2 aliphatic rings. The van der Waals surface area contributed by atoms with Crippen LogP contribution in [0.1, 0.15) is 29.3 Å². The van der Waals surface area contributed by atoms with Gasteiger partial charge in [-0.1, -0.05) is 6.07 Å². The largest absolute Gasteiger partial charge is 0.384 e. The number of anilines is 2. The Morgan fingerprint density at radius 1 is 1.32 bits per heavy atom. The van der Waals surface area contributed by atoms with Gasteiger partial charge in [0.1, 0.15) is 5.69 Å². The van der Waals surface area contributed by atoms with E-state index in [1.807, 2.05) is 6.07 Å². The molecule has 1 fully saturated rings. The number of nitro groups is 1. The molecule has 6 nitrogen and oxygen atoms in total. The topological polar surface area (TPSA) is 70.4 Å². The molecule has 0 bridgehead atoms. The fourth-order valence-electron chi connectivity index (χ4n) is 3.87. The second-order valence-electron chi connectivity index (χ2n) is 6.57. The lowest BCUT2D eigenvalue weighted by molar-refractivity contribution is -0.384. The highest BCUT2D eigenvalue weighted by Gasteiger charge is 2.27. The van der Waals surface area contributed by atoms with Gasteiger partial charge in [-0.3, -0.25) is 15.0 Å². The van der Waals surface area contributed by atoms with Crippen LogP contribution in [0.3, 0.4) is 0 Å². The second kappa shape index (κ2) is 7.01. The van der Waals surface area contributed by atoms with Crippen molar-refractivity contribution in [1.82, 2.24) is 4.90 Å². The van der Waals surface area contributed by atoms with Crippen molar-refractivity contribution in [3.8, 4) is 0 Å². The van der Waals surface area contributed by atoms with Crippen molar-refractivity contribution in [2.75, 3.05) is 36.8 Å². The van der Waals surface area contributed by atoms with Crippen LogP contribution in [0.2, 0.25) is 0 Å². The number of likely N-dealkylation sites (tertiary alicyclic amines) is 1. The van der Waals surface area contributed by atoms with E-state index in [9.17, 15) is 10.1 Å². The molecule has 0 radical (unpaired) electrons. The van der Waals surface area contributed by atoms with Gasteiger partial charge < -0.3 is 10.6 Å². The van der Waals surface area contributed by atoms with E-state index in [1.165, 1.54) is 17.7 Å². The third-order valence-electron chi connectivity index (χ3n) is 5.10. The Bertz CT molecular complexity index is 757. The minimum atomic E-state index is -0.281. The number of hydrogen-bond acceptors (Lipinski definition) is 6. The van der Waals surface area contributed by atoms with Crippen molar-refractivity contribution >= 4 is 28.4 Å². The quantitative estimate of drug-likeness (QED) is 0.606. The first-order valence-corrected chi connectivity index (χ1v) is 9.67. The predicted octanol–water partition coefficient (Wildman–Crippen LogP) is 3.87. The summed E-state index contributed by atoms with van der Waals surface area (Å²) < 4.78 is 0. The Labute approximate surface area is 151 Å². The van der Waals surface area contributed by atoms with Crippen molar-refractivity contribution in [1.29, 1.82) is 0 Å². The summed E-state index contributed by atoms with van der Waals surface area (Å²) >= 11 is 1.76. The molecule has 25 heavy (non-hydrogen) atoms. The molecule has 7 heteroatoms. The molecule has 0 saturated carbocycles. The molecule has 1 atom stereocenters. The number of nitrogens with one attached hydrogen (secondary N) is 2. The fraction of sp³-hybridized carbons (Fsp3) is 0.444. The predicted molar refractivity (Wildman–Crippen MR) is 102 cm³/mol. The van der Waals surface area contributed by atoms with Crippen LogP contribution in [0.15, 0.2) is 29.6 Å². The number of nitrogens with zero attached hydrogens (tertiary/aromatic N) is 2. The lowest BCUT2D eigenvalue weighted by Gasteiger charge is -2.27. The molecule has 2 aromatic rings. The van der Waals surface area contributed by atoms with Gasteiger partial charge in [-0.05, 0) is 49.9 Å². The highest BCUT2D eigenvalue weighted by molar-refractivity contribution is 7.10. The summed E-state index contributed by atoms with van der Waals surface area (Å²) in [6.45, 7) is 3.73. The second-order valence-corrected chi connectivity index (χ2v) is 7.55. The lowest BCUT2D eigenvalue weighted by Crippen LogP contribution is -2.30. The average molecular weight is 358 g/mol. The van der Waals surface area contributed by atoms with Gasteiger partial charge in [0, 0.05) is 35.3 Å². The third kappa shape index (κ3) is 3.21. The van der Waals surface area contributed by atoms with Crippen LogP contribution in [-0.2, 0) is 6.42 Å². The first kappa shape index (κ1) is 16.4. The fourth-order valence-corrected chi connectivity index (χ4v) is 4.74. The highest BCUT2D eigenvalue weighted by atomic mass is 32.1. The van der Waals surface area contributed by atoms with Gasteiger partial charge >= 0.3 is 0 Å². The molecule has 0 aliphatic carbocycles. The Morgan fingerprint density at radius 3 is 2.88 bits per heavy atom. The average Bonchev–Trinajstić information content (AvgIpc) is 3.36. The van der Waals surface area contributed by atoms with Gasteiger partial charge in [0.05, 0.1) is 11.0 Å². The van der Waals surface area contributed by atoms with Crippen LogP contribution in [0.5, 0.6) is 0 Å². The van der Waals surface area contributed by atoms with E-state index < -0.39 is 0 Å². The summed E-state index contributed by atoms with van der Waals surface area (Å²) in [5, 5.41) is 20.3. The Balaban J connectivity index is 1.61. The Morgan fingerprint density at radius 2 is 2.16 bits per heavy atom. The minimum Gasteiger partial charge on any atom is -0.384 e. The first-order chi connectivity index (χ1) is 12.2. The first-order valence-electron chi connectivity index (χ1n) is 8.79. The van der Waals surface area contributed by atoms with Crippen LogP contribution in [0, 0.1) is 10.1 Å². The van der Waals surface area contributed by atoms with E-state index >= 15 is 0 Å². The van der Waals surface area contributed by atoms with Gasteiger partial charge in [-0.2, -0.15) is 0 Å². The van der Waals surface area contributed by atoms with E-state index in [0.717, 1.165) is 37.3 Å². The summed E-state index contributed by atoms with van der Waals surface area (Å²) in [6.07, 6.45) is 3.28. The molecule has 3 heterocycles. The van der Waals surface area contributed by atoms with Crippen molar-refractivity contribution in [2.45, 2.75) is 25.3 Å². The molecule has 0 amide bonds. The van der Waals surface area contributed by atoms with Crippen molar-refractivity contribution in [2.24, 2.45) is 0 Å². The summed E-state index contributed by atoms with van der Waals surface area (Å²) in [5.74, 6) is 0. The zero-order valence-electron chi connectivity index (χ0n) is 14.0. The maximum atomic E-state index is 11.5. The van der Waals surface area contributed by atoms with Crippen LogP contribution in [-0.4, -0.2) is 36.0 Å². The zero-order chi connectivity index (χ0) is 17.2. The van der Waals surface area contributed by atoms with Gasteiger partial charge in [-0.25, -0.2) is 0 Å². The molecule has 1 saturated heterocycles. The standard InChI is InChI=1S/C18H22N4O2S/c23-22(24)15-6-5-14-13(7-8-19-14)18(15)20-12-16(17-4-3-11-25-17)21-9-1-2-10-21/h3-6,11,16,19-20H,1-2,7-10,12H2. The number of nitro benzene ring substituents is 1. The molecule has 1 unspecified atom stereocenters. The maximum Gasteiger partial charge on any atom is 0.292 e. The molecular weight excluding hydrogens is 336 g/mol. The molecule has 2 aliphatic heterocycles. The molecule has 4 rings (SSSR count). The number of hydrogen-bond donors (Lipinski definition) is 2. The van der Waals surface area contributed by atoms with E-state index in [0.29, 0.717) is 12.2 Å². The summed E-state index contributed by atoms with van der Waals surface area (Å²) in [6, 6.07) is 7.95. The smallest absolute Gasteiger partial charge is 0.292 e. The number of rotatable bonds is 6. The Kier molecular flexibility index (Phi) is 4.59. The summed E-state index contributed by atoms with van der Waals surface area (Å²) in [4.78, 5) is 15.0. The molecule has 1 aromatic heterocycles. The molecule has 2 N–H and O–H groups in total. The SMILES string of the molecule is O=[N+]([O-])c1ccc2c(c1NCC(c1cccs1)N1CCCC1)CCN2. The van der Waals surface area contributed by atoms with Crippen LogP contribution in [0.4, 0.5) is 17.1 Å². The molecule has 132 valence electrons. The van der Waals surface area contributed by atoms with Gasteiger partial charge in [0.25, 0.3) is 5.69 Å². The zero-order valence-corrected chi connectivity index (χ0v) is 14.8. The summed E-state index contributed by atoms with van der Waals surface area (Å²) in [7, 11) is 0. The van der Waals surface area contributed by atoms with Crippen LogP contribution < -0.4 is 10.6 Å². The van der Waals surface area contributed by atoms with Crippen LogP contribution >= 0.6 is 11.3 Å². The van der Waals surface area contributed by atoms with Gasteiger partial charge in [0.15, 0.2) is 0 Å². The van der Waals surface area contributed by atoms with Crippen LogP contribution in [0.25, 0.3) is 0 Å². The van der Waals surface area contributed by atoms with E-state index in [-0.39, 0.29) is 16.7 Å². The molecule has 0 spiro atoms. The normalized spacial score (nSPS) is 17.9. The number of fused-ring (bicyclic) bond motifs is 1.